The Hall–Kier alpha value is -0.970. The van der Waals surface area contributed by atoms with Crippen LogP contribution in [-0.4, -0.2) is 49.6 Å². The molecule has 1 heterocycles. The number of likely N-dealkylation sites (N-methyl/N-ethyl adjacent to an activating group) is 2. The first-order valence-electron chi connectivity index (χ1n) is 7.88. The maximum Gasteiger partial charge on any atom is 0.126 e. The lowest BCUT2D eigenvalue weighted by Crippen LogP contribution is -2.37. The Labute approximate surface area is 127 Å². The first-order valence-corrected chi connectivity index (χ1v) is 7.88. The molecule has 1 aromatic rings. The van der Waals surface area contributed by atoms with E-state index in [0.717, 1.165) is 25.1 Å². The predicted molar refractivity (Wildman–Crippen MR) is 85.8 cm³/mol. The van der Waals surface area contributed by atoms with Crippen LogP contribution in [0.2, 0.25) is 0 Å². The molecule has 0 amide bonds. The summed E-state index contributed by atoms with van der Waals surface area (Å²) in [5.41, 5.74) is 7.76. The summed E-state index contributed by atoms with van der Waals surface area (Å²) in [6, 6.07) is 5.90. The number of benzene rings is 1. The molecule has 0 aliphatic carbocycles. The molecule has 0 aromatic heterocycles. The maximum absolute atomic E-state index is 13.6. The highest BCUT2D eigenvalue weighted by Crippen LogP contribution is 2.19. The lowest BCUT2D eigenvalue weighted by atomic mass is 10.0. The van der Waals surface area contributed by atoms with Crippen molar-refractivity contribution < 1.29 is 4.39 Å². The van der Waals surface area contributed by atoms with Gasteiger partial charge in [0.1, 0.15) is 5.82 Å². The minimum absolute atomic E-state index is 0.0937. The zero-order valence-corrected chi connectivity index (χ0v) is 13.5. The van der Waals surface area contributed by atoms with Crippen molar-refractivity contribution in [3.8, 4) is 0 Å². The molecule has 2 N–H and O–H groups in total. The van der Waals surface area contributed by atoms with Crippen molar-refractivity contribution in [2.45, 2.75) is 38.3 Å². The maximum atomic E-state index is 13.6. The molecule has 1 saturated heterocycles. The van der Waals surface area contributed by atoms with Gasteiger partial charge < -0.3 is 15.5 Å². The Morgan fingerprint density at radius 1 is 1.48 bits per heavy atom. The van der Waals surface area contributed by atoms with E-state index in [4.69, 9.17) is 5.73 Å². The number of halogens is 1. The van der Waals surface area contributed by atoms with E-state index in [2.05, 4.69) is 23.9 Å². The van der Waals surface area contributed by atoms with Crippen LogP contribution in [-0.2, 0) is 0 Å². The molecule has 1 fully saturated rings. The minimum atomic E-state index is -0.163. The predicted octanol–water partition coefficient (Wildman–Crippen LogP) is 2.55. The van der Waals surface area contributed by atoms with E-state index in [1.165, 1.54) is 19.4 Å². The van der Waals surface area contributed by atoms with E-state index in [1.807, 2.05) is 12.1 Å². The molecule has 0 radical (unpaired) electrons. The van der Waals surface area contributed by atoms with Gasteiger partial charge in [-0.2, -0.15) is 0 Å². The Bertz CT molecular complexity index is 463. The molecule has 0 bridgehead atoms. The van der Waals surface area contributed by atoms with Crippen molar-refractivity contribution in [2.24, 2.45) is 5.73 Å². The van der Waals surface area contributed by atoms with Crippen molar-refractivity contribution in [2.75, 3.05) is 33.7 Å². The molecule has 0 spiro atoms. The van der Waals surface area contributed by atoms with E-state index < -0.39 is 0 Å². The molecule has 2 atom stereocenters. The van der Waals surface area contributed by atoms with Gasteiger partial charge in [-0.05, 0) is 70.6 Å². The third kappa shape index (κ3) is 4.50. The number of nitrogens with zero attached hydrogens (tertiary/aromatic N) is 2. The number of nitrogens with two attached hydrogens (primary N) is 1. The van der Waals surface area contributed by atoms with Crippen molar-refractivity contribution >= 4 is 0 Å². The van der Waals surface area contributed by atoms with Gasteiger partial charge in [-0.3, -0.25) is 0 Å². The Morgan fingerprint density at radius 3 is 2.86 bits per heavy atom. The number of aryl methyl sites for hydroxylation is 1. The quantitative estimate of drug-likeness (QED) is 0.875. The van der Waals surface area contributed by atoms with E-state index in [-0.39, 0.29) is 11.9 Å². The van der Waals surface area contributed by atoms with Gasteiger partial charge >= 0.3 is 0 Å². The van der Waals surface area contributed by atoms with Crippen molar-refractivity contribution in [3.05, 3.63) is 35.1 Å². The number of likely N-dealkylation sites (tertiary alicyclic amines) is 1. The van der Waals surface area contributed by atoms with Crippen LogP contribution < -0.4 is 5.73 Å². The molecule has 0 saturated carbocycles. The lowest BCUT2D eigenvalue weighted by molar-refractivity contribution is 0.216. The van der Waals surface area contributed by atoms with Crippen molar-refractivity contribution in [3.63, 3.8) is 0 Å². The second kappa shape index (κ2) is 7.34. The number of hydrogen-bond acceptors (Lipinski definition) is 3. The Morgan fingerprint density at radius 2 is 2.24 bits per heavy atom. The van der Waals surface area contributed by atoms with Crippen LogP contribution in [0.15, 0.2) is 18.2 Å². The summed E-state index contributed by atoms with van der Waals surface area (Å²) in [5, 5.41) is 0. The third-order valence-corrected chi connectivity index (χ3v) is 4.64. The van der Waals surface area contributed by atoms with Crippen LogP contribution >= 0.6 is 0 Å². The first-order chi connectivity index (χ1) is 9.97. The smallest absolute Gasteiger partial charge is 0.126 e. The molecular formula is C17H28FN3. The molecular weight excluding hydrogens is 265 g/mol. The molecule has 3 nitrogen and oxygen atoms in total. The van der Waals surface area contributed by atoms with Crippen LogP contribution in [0.3, 0.4) is 0 Å². The summed E-state index contributed by atoms with van der Waals surface area (Å²) in [6.07, 6.45) is 3.45. The van der Waals surface area contributed by atoms with Gasteiger partial charge in [-0.25, -0.2) is 4.39 Å². The normalized spacial score (nSPS) is 21.1. The fourth-order valence-corrected chi connectivity index (χ4v) is 3.03. The topological polar surface area (TPSA) is 32.5 Å². The fraction of sp³-hybridized carbons (Fsp3) is 0.647. The van der Waals surface area contributed by atoms with Gasteiger partial charge in [-0.15, -0.1) is 0 Å². The molecule has 118 valence electrons. The highest BCUT2D eigenvalue weighted by Gasteiger charge is 2.22. The highest BCUT2D eigenvalue weighted by atomic mass is 19.1. The summed E-state index contributed by atoms with van der Waals surface area (Å²) in [5.74, 6) is -0.163. The SMILES string of the molecule is Cc1ccc(C(N)CCN(C)CC2CCCN2C)cc1F. The zero-order valence-electron chi connectivity index (χ0n) is 13.5. The summed E-state index contributed by atoms with van der Waals surface area (Å²) >= 11 is 0. The molecule has 21 heavy (non-hydrogen) atoms. The molecule has 1 aliphatic heterocycles. The van der Waals surface area contributed by atoms with Gasteiger partial charge in [0.05, 0.1) is 0 Å². The van der Waals surface area contributed by atoms with E-state index in [0.29, 0.717) is 11.6 Å². The molecule has 2 rings (SSSR count). The van der Waals surface area contributed by atoms with Crippen LogP contribution in [0.25, 0.3) is 0 Å². The highest BCUT2D eigenvalue weighted by molar-refractivity contribution is 5.25. The fourth-order valence-electron chi connectivity index (χ4n) is 3.03. The average molecular weight is 293 g/mol. The standard InChI is InChI=1S/C17H28FN3/c1-13-6-7-14(11-16(13)18)17(19)8-10-20(2)12-15-5-4-9-21(15)3/h6-7,11,15,17H,4-5,8-10,12,19H2,1-3H3. The Kier molecular flexibility index (Phi) is 5.73. The van der Waals surface area contributed by atoms with Crippen LogP contribution in [0, 0.1) is 12.7 Å². The largest absolute Gasteiger partial charge is 0.324 e. The third-order valence-electron chi connectivity index (χ3n) is 4.64. The van der Waals surface area contributed by atoms with Gasteiger partial charge in [0.25, 0.3) is 0 Å². The molecule has 4 heteroatoms. The summed E-state index contributed by atoms with van der Waals surface area (Å²) < 4.78 is 13.6. The minimum Gasteiger partial charge on any atom is -0.324 e. The van der Waals surface area contributed by atoms with E-state index in [1.54, 1.807) is 13.0 Å². The van der Waals surface area contributed by atoms with E-state index in [9.17, 15) is 4.39 Å². The summed E-state index contributed by atoms with van der Waals surface area (Å²) in [7, 11) is 4.35. The lowest BCUT2D eigenvalue weighted by Gasteiger charge is -2.26. The van der Waals surface area contributed by atoms with Gasteiger partial charge in [0.2, 0.25) is 0 Å². The second-order valence-electron chi connectivity index (χ2n) is 6.44. The van der Waals surface area contributed by atoms with Gasteiger partial charge in [0, 0.05) is 18.6 Å². The van der Waals surface area contributed by atoms with Crippen LogP contribution in [0.5, 0.6) is 0 Å². The van der Waals surface area contributed by atoms with E-state index >= 15 is 0 Å². The van der Waals surface area contributed by atoms with Gasteiger partial charge in [-0.1, -0.05) is 12.1 Å². The Balaban J connectivity index is 1.80. The van der Waals surface area contributed by atoms with Gasteiger partial charge in [0.15, 0.2) is 0 Å². The van der Waals surface area contributed by atoms with Crippen molar-refractivity contribution in [1.82, 2.24) is 9.80 Å². The monoisotopic (exact) mass is 293 g/mol. The zero-order chi connectivity index (χ0) is 15.4. The number of rotatable bonds is 6. The first kappa shape index (κ1) is 16.4. The second-order valence-corrected chi connectivity index (χ2v) is 6.44. The van der Waals surface area contributed by atoms with Crippen LogP contribution in [0.1, 0.15) is 36.4 Å². The number of hydrogen-bond donors (Lipinski definition) is 1. The molecule has 2 unspecified atom stereocenters. The molecule has 1 aliphatic rings. The summed E-state index contributed by atoms with van der Waals surface area (Å²) in [4.78, 5) is 4.78. The van der Waals surface area contributed by atoms with Crippen molar-refractivity contribution in [1.29, 1.82) is 0 Å². The average Bonchev–Trinajstić information content (AvgIpc) is 2.84. The molecule has 1 aromatic carbocycles. The van der Waals surface area contributed by atoms with Crippen LogP contribution in [0.4, 0.5) is 4.39 Å². The summed E-state index contributed by atoms with van der Waals surface area (Å²) in [6.45, 7) is 5.02.